The number of amidine groups is 1. The molecule has 1 atom stereocenters. The highest BCUT2D eigenvalue weighted by Gasteiger charge is 2.26. The molecular formula is C23H25ClN6O. The van der Waals surface area contributed by atoms with Crippen molar-refractivity contribution in [2.75, 3.05) is 25.1 Å². The maximum atomic E-state index is 12.0. The third kappa shape index (κ3) is 5.00. The minimum atomic E-state index is 0.199. The predicted octanol–water partition coefficient (Wildman–Crippen LogP) is 3.69. The lowest BCUT2D eigenvalue weighted by molar-refractivity contribution is -0.107. The normalized spacial score (nSPS) is 17.5. The summed E-state index contributed by atoms with van der Waals surface area (Å²) in [5, 5.41) is 4.07. The number of nitrogens with zero attached hydrogens (tertiary/aromatic N) is 5. The third-order valence-corrected chi connectivity index (χ3v) is 5.79. The van der Waals surface area contributed by atoms with E-state index in [9.17, 15) is 4.79 Å². The number of carbonyl (C=O) groups excluding carboxylic acids is 1. The first-order chi connectivity index (χ1) is 15.2. The first-order valence-corrected chi connectivity index (χ1v) is 10.7. The summed E-state index contributed by atoms with van der Waals surface area (Å²) in [5.74, 6) is 0.997. The van der Waals surface area contributed by atoms with Crippen LogP contribution >= 0.6 is 11.6 Å². The lowest BCUT2D eigenvalue weighted by Crippen LogP contribution is -2.49. The second kappa shape index (κ2) is 9.85. The molecule has 1 aliphatic rings. The number of pyridine rings is 2. The summed E-state index contributed by atoms with van der Waals surface area (Å²) in [6.45, 7) is 2.61. The molecule has 31 heavy (non-hydrogen) atoms. The van der Waals surface area contributed by atoms with Crippen molar-refractivity contribution in [3.05, 3.63) is 65.7 Å². The van der Waals surface area contributed by atoms with E-state index in [4.69, 9.17) is 11.6 Å². The van der Waals surface area contributed by atoms with Crippen LogP contribution in [0.4, 0.5) is 5.69 Å². The molecule has 4 rings (SSSR count). The Bertz CT molecular complexity index is 1070. The van der Waals surface area contributed by atoms with Crippen LogP contribution in [0.3, 0.4) is 0 Å². The molecule has 3 heterocycles. The Labute approximate surface area is 186 Å². The van der Waals surface area contributed by atoms with Gasteiger partial charge in [-0.25, -0.2) is 5.01 Å². The molecular weight excluding hydrogens is 412 g/mol. The van der Waals surface area contributed by atoms with Gasteiger partial charge in [0.05, 0.1) is 16.4 Å². The second-order valence-electron chi connectivity index (χ2n) is 7.61. The van der Waals surface area contributed by atoms with Crippen LogP contribution in [0.5, 0.6) is 0 Å². The molecule has 2 aromatic heterocycles. The van der Waals surface area contributed by atoms with Crippen molar-refractivity contribution in [2.24, 2.45) is 10.9 Å². The van der Waals surface area contributed by atoms with E-state index >= 15 is 0 Å². The summed E-state index contributed by atoms with van der Waals surface area (Å²) in [4.78, 5) is 27.4. The number of benzene rings is 1. The molecule has 1 fully saturated rings. The first-order valence-electron chi connectivity index (χ1n) is 10.3. The Morgan fingerprint density at radius 3 is 3.00 bits per heavy atom. The average Bonchev–Trinajstić information content (AvgIpc) is 2.81. The second-order valence-corrected chi connectivity index (χ2v) is 8.05. The van der Waals surface area contributed by atoms with Crippen molar-refractivity contribution >= 4 is 40.3 Å². The van der Waals surface area contributed by atoms with Crippen LogP contribution in [0.2, 0.25) is 5.02 Å². The van der Waals surface area contributed by atoms with Gasteiger partial charge in [0.25, 0.3) is 0 Å². The number of hydrogen-bond donors (Lipinski definition) is 1. The number of carbonyl (C=O) groups is 1. The quantitative estimate of drug-likeness (QED) is 0.276. The molecule has 0 saturated carbocycles. The number of hydrogen-bond acceptors (Lipinski definition) is 5. The molecule has 8 heteroatoms. The summed E-state index contributed by atoms with van der Waals surface area (Å²) < 4.78 is 0. The van der Waals surface area contributed by atoms with Crippen molar-refractivity contribution in [3.8, 4) is 0 Å². The molecule has 160 valence electrons. The number of hydrazine groups is 1. The lowest BCUT2D eigenvalue weighted by atomic mass is 9.96. The number of halogens is 1. The number of likely N-dealkylation sites (tertiary alicyclic amines) is 1. The van der Waals surface area contributed by atoms with Crippen LogP contribution < -0.4 is 10.4 Å². The van der Waals surface area contributed by atoms with E-state index in [0.29, 0.717) is 5.02 Å². The van der Waals surface area contributed by atoms with E-state index in [1.165, 1.54) is 5.01 Å². The maximum absolute atomic E-state index is 12.0. The number of amides is 1. The van der Waals surface area contributed by atoms with Gasteiger partial charge in [0, 0.05) is 55.4 Å². The van der Waals surface area contributed by atoms with E-state index in [0.717, 1.165) is 66.9 Å². The van der Waals surface area contributed by atoms with Crippen molar-refractivity contribution in [1.29, 1.82) is 0 Å². The highest BCUT2D eigenvalue weighted by atomic mass is 35.5. The van der Waals surface area contributed by atoms with E-state index in [1.807, 2.05) is 36.4 Å². The van der Waals surface area contributed by atoms with Crippen LogP contribution in [0.25, 0.3) is 10.8 Å². The number of rotatable bonds is 6. The standard InChI is InChI=1S/C23H25ClN6O/c1-25-23(18-5-3-11-29(14-18)15-20-8-7-19(24)13-27-20)28-30(16-31)22-6-2-4-17-12-26-10-9-21(17)22/h2,4,6-10,12-13,16,18H,3,5,11,14-15H2,1H3,(H,25,28). The van der Waals surface area contributed by atoms with Gasteiger partial charge in [-0.1, -0.05) is 23.7 Å². The highest BCUT2D eigenvalue weighted by Crippen LogP contribution is 2.25. The van der Waals surface area contributed by atoms with Crippen molar-refractivity contribution in [3.63, 3.8) is 0 Å². The summed E-state index contributed by atoms with van der Waals surface area (Å²) in [5.41, 5.74) is 5.02. The molecule has 1 amide bonds. The van der Waals surface area contributed by atoms with Gasteiger partial charge in [-0.3, -0.25) is 30.1 Å². The van der Waals surface area contributed by atoms with Gasteiger partial charge in [-0.05, 0) is 43.7 Å². The molecule has 1 unspecified atom stereocenters. The van der Waals surface area contributed by atoms with E-state index in [-0.39, 0.29) is 5.92 Å². The predicted molar refractivity (Wildman–Crippen MR) is 124 cm³/mol. The van der Waals surface area contributed by atoms with Crippen molar-refractivity contribution in [2.45, 2.75) is 19.4 Å². The van der Waals surface area contributed by atoms with Crippen LogP contribution in [-0.4, -0.2) is 47.3 Å². The minimum absolute atomic E-state index is 0.199. The van der Waals surface area contributed by atoms with Gasteiger partial charge in [0.2, 0.25) is 6.41 Å². The molecule has 0 radical (unpaired) electrons. The van der Waals surface area contributed by atoms with E-state index < -0.39 is 0 Å². The molecule has 0 spiro atoms. The smallest absolute Gasteiger partial charge is 0.232 e. The van der Waals surface area contributed by atoms with Gasteiger partial charge in [-0.15, -0.1) is 0 Å². The van der Waals surface area contributed by atoms with Gasteiger partial charge < -0.3 is 0 Å². The fraction of sp³-hybridized carbons (Fsp3) is 0.304. The van der Waals surface area contributed by atoms with E-state index in [1.54, 1.807) is 25.6 Å². The topological polar surface area (TPSA) is 73.7 Å². The zero-order chi connectivity index (χ0) is 21.6. The summed E-state index contributed by atoms with van der Waals surface area (Å²) in [6.07, 6.45) is 8.06. The molecule has 1 saturated heterocycles. The average molecular weight is 437 g/mol. The van der Waals surface area contributed by atoms with Crippen LogP contribution in [0.15, 0.2) is 60.0 Å². The number of piperidine rings is 1. The molecule has 0 aliphatic carbocycles. The number of aromatic nitrogens is 2. The lowest BCUT2D eigenvalue weighted by Gasteiger charge is -2.34. The third-order valence-electron chi connectivity index (χ3n) is 5.57. The van der Waals surface area contributed by atoms with Gasteiger partial charge in [-0.2, -0.15) is 0 Å². The Balaban J connectivity index is 1.48. The van der Waals surface area contributed by atoms with Crippen molar-refractivity contribution < 1.29 is 4.79 Å². The van der Waals surface area contributed by atoms with Crippen molar-refractivity contribution in [1.82, 2.24) is 20.3 Å². The molecule has 1 aromatic carbocycles. The minimum Gasteiger partial charge on any atom is -0.297 e. The Hall–Kier alpha value is -3.03. The molecule has 3 aromatic rings. The Morgan fingerprint density at radius 2 is 2.23 bits per heavy atom. The fourth-order valence-corrected chi connectivity index (χ4v) is 4.17. The van der Waals surface area contributed by atoms with Gasteiger partial charge in [0.15, 0.2) is 0 Å². The molecule has 7 nitrogen and oxygen atoms in total. The molecule has 0 bridgehead atoms. The zero-order valence-electron chi connectivity index (χ0n) is 17.4. The first kappa shape index (κ1) is 21.2. The van der Waals surface area contributed by atoms with Crippen LogP contribution in [0, 0.1) is 5.92 Å². The SMILES string of the molecule is CN=C(NN(C=O)c1cccc2cnccc12)C1CCCN(Cc2ccc(Cl)cn2)C1. The molecule has 1 N–H and O–H groups in total. The fourth-order valence-electron chi connectivity index (χ4n) is 4.06. The van der Waals surface area contributed by atoms with Crippen LogP contribution in [0.1, 0.15) is 18.5 Å². The maximum Gasteiger partial charge on any atom is 0.232 e. The molecule has 1 aliphatic heterocycles. The summed E-state index contributed by atoms with van der Waals surface area (Å²) in [7, 11) is 1.76. The Morgan fingerprint density at radius 1 is 1.32 bits per heavy atom. The number of anilines is 1. The largest absolute Gasteiger partial charge is 0.297 e. The summed E-state index contributed by atoms with van der Waals surface area (Å²) in [6, 6.07) is 11.6. The monoisotopic (exact) mass is 436 g/mol. The van der Waals surface area contributed by atoms with Gasteiger partial charge >= 0.3 is 0 Å². The van der Waals surface area contributed by atoms with E-state index in [2.05, 4.69) is 25.3 Å². The Kier molecular flexibility index (Phi) is 6.74. The summed E-state index contributed by atoms with van der Waals surface area (Å²) >= 11 is 5.95. The highest BCUT2D eigenvalue weighted by molar-refractivity contribution is 6.30. The van der Waals surface area contributed by atoms with Gasteiger partial charge in [0.1, 0.15) is 5.84 Å². The zero-order valence-corrected chi connectivity index (χ0v) is 18.2. The number of nitrogens with one attached hydrogen (secondary N) is 1. The number of fused-ring (bicyclic) bond motifs is 1. The number of aliphatic imine (C=N–C) groups is 1. The van der Waals surface area contributed by atoms with Crippen LogP contribution in [-0.2, 0) is 11.3 Å².